The first-order chi connectivity index (χ1) is 15.6. The molecule has 3 aromatic rings. The van der Waals surface area contributed by atoms with Crippen LogP contribution in [0.25, 0.3) is 17.5 Å². The Morgan fingerprint density at radius 1 is 1.09 bits per heavy atom. The van der Waals surface area contributed by atoms with Crippen LogP contribution in [0.4, 0.5) is 10.1 Å². The molecule has 32 heavy (non-hydrogen) atoms. The number of hydrogen-bond acceptors (Lipinski definition) is 5. The molecule has 2 heterocycles. The number of ether oxygens (including phenoxy) is 2. The van der Waals surface area contributed by atoms with Gasteiger partial charge in [0.1, 0.15) is 23.1 Å². The van der Waals surface area contributed by atoms with Gasteiger partial charge in [0.2, 0.25) is 5.91 Å². The first-order valence-electron chi connectivity index (χ1n) is 10.5. The van der Waals surface area contributed by atoms with E-state index in [-0.39, 0.29) is 5.91 Å². The highest BCUT2D eigenvalue weighted by Crippen LogP contribution is 2.28. The van der Waals surface area contributed by atoms with Crippen molar-refractivity contribution >= 4 is 17.7 Å². The maximum absolute atomic E-state index is 14.6. The Labute approximate surface area is 185 Å². The van der Waals surface area contributed by atoms with E-state index in [4.69, 9.17) is 9.47 Å². The zero-order valence-electron chi connectivity index (χ0n) is 18.1. The number of amides is 1. The van der Waals surface area contributed by atoms with E-state index in [1.165, 1.54) is 18.2 Å². The molecule has 0 fully saturated rings. The highest BCUT2D eigenvalue weighted by Gasteiger charge is 2.19. The maximum Gasteiger partial charge on any atom is 0.248 e. The average Bonchev–Trinajstić information content (AvgIpc) is 3.06. The zero-order valence-corrected chi connectivity index (χ0v) is 18.1. The molecule has 166 valence electrons. The number of nitrogens with zero attached hydrogens (tertiary/aromatic N) is 3. The van der Waals surface area contributed by atoms with Gasteiger partial charge in [-0.1, -0.05) is 6.42 Å². The largest absolute Gasteiger partial charge is 0.497 e. The number of aromatic nitrogens is 3. The van der Waals surface area contributed by atoms with E-state index >= 15 is 0 Å². The fourth-order valence-corrected chi connectivity index (χ4v) is 3.76. The SMILES string of the molecule is COc1ccc(/C=C/C(=O)Nc2ccc(F)c(-c3nnc4n3CCCCC4)c2)c(OC)c1. The number of benzene rings is 2. The van der Waals surface area contributed by atoms with Crippen molar-refractivity contribution in [1.82, 2.24) is 14.8 Å². The van der Waals surface area contributed by atoms with Crippen molar-refractivity contribution in [3.8, 4) is 22.9 Å². The summed E-state index contributed by atoms with van der Waals surface area (Å²) in [6.07, 6.45) is 7.07. The molecule has 1 aromatic heterocycles. The number of hydrogen-bond donors (Lipinski definition) is 1. The van der Waals surface area contributed by atoms with Gasteiger partial charge < -0.3 is 19.4 Å². The number of carbonyl (C=O) groups excluding carboxylic acids is 1. The minimum absolute atomic E-state index is 0.323. The third-order valence-corrected chi connectivity index (χ3v) is 5.44. The van der Waals surface area contributed by atoms with E-state index < -0.39 is 5.82 Å². The molecular weight excluding hydrogens is 411 g/mol. The van der Waals surface area contributed by atoms with Crippen molar-refractivity contribution in [3.05, 3.63) is 59.7 Å². The van der Waals surface area contributed by atoms with Crippen molar-refractivity contribution < 1.29 is 18.7 Å². The van der Waals surface area contributed by atoms with Crippen molar-refractivity contribution in [3.63, 3.8) is 0 Å². The van der Waals surface area contributed by atoms with E-state index in [2.05, 4.69) is 15.5 Å². The van der Waals surface area contributed by atoms with Gasteiger partial charge in [-0.3, -0.25) is 4.79 Å². The van der Waals surface area contributed by atoms with Gasteiger partial charge in [0.05, 0.1) is 19.8 Å². The van der Waals surface area contributed by atoms with E-state index in [9.17, 15) is 9.18 Å². The van der Waals surface area contributed by atoms with Crippen molar-refractivity contribution in [2.45, 2.75) is 32.2 Å². The lowest BCUT2D eigenvalue weighted by atomic mass is 10.1. The van der Waals surface area contributed by atoms with Crippen LogP contribution in [0.1, 0.15) is 30.7 Å². The average molecular weight is 436 g/mol. The molecule has 1 aliphatic rings. The predicted molar refractivity (Wildman–Crippen MR) is 120 cm³/mol. The van der Waals surface area contributed by atoms with Crippen molar-refractivity contribution in [2.24, 2.45) is 0 Å². The lowest BCUT2D eigenvalue weighted by Crippen LogP contribution is -2.09. The molecule has 0 atom stereocenters. The predicted octanol–water partition coefficient (Wildman–Crippen LogP) is 4.48. The Bertz CT molecular complexity index is 1160. The van der Waals surface area contributed by atoms with Gasteiger partial charge in [-0.25, -0.2) is 4.39 Å². The van der Waals surface area contributed by atoms with Crippen LogP contribution >= 0.6 is 0 Å². The number of nitrogens with one attached hydrogen (secondary N) is 1. The van der Waals surface area contributed by atoms with Gasteiger partial charge in [0.25, 0.3) is 0 Å². The van der Waals surface area contributed by atoms with Crippen molar-refractivity contribution in [1.29, 1.82) is 0 Å². The summed E-state index contributed by atoms with van der Waals surface area (Å²) >= 11 is 0. The molecule has 1 N–H and O–H groups in total. The molecule has 0 aliphatic carbocycles. The van der Waals surface area contributed by atoms with E-state index in [1.807, 2.05) is 4.57 Å². The van der Waals surface area contributed by atoms with E-state index in [0.717, 1.165) is 43.6 Å². The fraction of sp³-hybridized carbons (Fsp3) is 0.292. The van der Waals surface area contributed by atoms with Gasteiger partial charge in [0, 0.05) is 36.4 Å². The van der Waals surface area contributed by atoms with Gasteiger partial charge >= 0.3 is 0 Å². The number of fused-ring (bicyclic) bond motifs is 1. The lowest BCUT2D eigenvalue weighted by Gasteiger charge is -2.10. The lowest BCUT2D eigenvalue weighted by molar-refractivity contribution is -0.111. The smallest absolute Gasteiger partial charge is 0.248 e. The quantitative estimate of drug-likeness (QED) is 0.577. The summed E-state index contributed by atoms with van der Waals surface area (Å²) in [5.74, 6) is 1.87. The summed E-state index contributed by atoms with van der Waals surface area (Å²) in [6, 6.07) is 9.78. The molecule has 0 saturated carbocycles. The molecule has 1 amide bonds. The van der Waals surface area contributed by atoms with Crippen LogP contribution in [0.2, 0.25) is 0 Å². The van der Waals surface area contributed by atoms with E-state index in [1.54, 1.807) is 44.6 Å². The number of halogens is 1. The molecule has 2 aromatic carbocycles. The van der Waals surface area contributed by atoms with Crippen LogP contribution in [-0.4, -0.2) is 34.9 Å². The van der Waals surface area contributed by atoms with Gasteiger partial charge in [0.15, 0.2) is 5.82 Å². The molecule has 8 heteroatoms. The second-order valence-corrected chi connectivity index (χ2v) is 7.53. The zero-order chi connectivity index (χ0) is 22.5. The van der Waals surface area contributed by atoms with Crippen LogP contribution in [0.3, 0.4) is 0 Å². The van der Waals surface area contributed by atoms with Gasteiger partial charge in [-0.15, -0.1) is 10.2 Å². The van der Waals surface area contributed by atoms with Crippen molar-refractivity contribution in [2.75, 3.05) is 19.5 Å². The summed E-state index contributed by atoms with van der Waals surface area (Å²) < 4.78 is 27.1. The van der Waals surface area contributed by atoms with Gasteiger partial charge in [-0.05, 0) is 49.2 Å². The monoisotopic (exact) mass is 436 g/mol. The summed E-state index contributed by atoms with van der Waals surface area (Å²) in [5.41, 5.74) is 1.53. The van der Waals surface area contributed by atoms with Crippen LogP contribution in [0.5, 0.6) is 11.5 Å². The Morgan fingerprint density at radius 2 is 1.97 bits per heavy atom. The van der Waals surface area contributed by atoms with Crippen LogP contribution in [0, 0.1) is 5.82 Å². The summed E-state index contributed by atoms with van der Waals surface area (Å²) in [5, 5.41) is 11.2. The van der Waals surface area contributed by atoms with E-state index in [0.29, 0.717) is 28.6 Å². The van der Waals surface area contributed by atoms with Crippen LogP contribution < -0.4 is 14.8 Å². The molecule has 0 spiro atoms. The molecule has 7 nitrogen and oxygen atoms in total. The second-order valence-electron chi connectivity index (χ2n) is 7.53. The first kappa shape index (κ1) is 21.5. The molecule has 0 unspecified atom stereocenters. The minimum atomic E-state index is -0.402. The Hall–Kier alpha value is -3.68. The molecule has 0 bridgehead atoms. The standard InChI is InChI=1S/C24H25FN4O3/c1-31-18-10-7-16(21(15-18)32-2)8-12-23(30)26-17-9-11-20(25)19(14-17)24-28-27-22-6-4-3-5-13-29(22)24/h7-12,14-15H,3-6,13H2,1-2H3,(H,26,30)/b12-8+. The second kappa shape index (κ2) is 9.64. The third kappa shape index (κ3) is 4.64. The number of carbonyl (C=O) groups is 1. The number of anilines is 1. The Kier molecular flexibility index (Phi) is 6.49. The molecule has 0 radical (unpaired) electrons. The maximum atomic E-state index is 14.6. The molecule has 1 aliphatic heterocycles. The minimum Gasteiger partial charge on any atom is -0.497 e. The molecule has 0 saturated heterocycles. The number of rotatable bonds is 6. The summed E-state index contributed by atoms with van der Waals surface area (Å²) in [6.45, 7) is 0.764. The van der Waals surface area contributed by atoms with Gasteiger partial charge in [-0.2, -0.15) is 0 Å². The first-order valence-corrected chi connectivity index (χ1v) is 10.5. The number of aryl methyl sites for hydroxylation is 1. The fourth-order valence-electron chi connectivity index (χ4n) is 3.76. The Morgan fingerprint density at radius 3 is 2.78 bits per heavy atom. The molecular formula is C24H25FN4O3. The topological polar surface area (TPSA) is 78.3 Å². The van der Waals surface area contributed by atoms with Crippen LogP contribution in [0.15, 0.2) is 42.5 Å². The summed E-state index contributed by atoms with van der Waals surface area (Å²) in [4.78, 5) is 12.5. The van der Waals surface area contributed by atoms with Crippen LogP contribution in [-0.2, 0) is 17.8 Å². The number of methoxy groups -OCH3 is 2. The highest BCUT2D eigenvalue weighted by molar-refractivity contribution is 6.02. The normalized spacial score (nSPS) is 13.5. The Balaban J connectivity index is 1.53. The highest BCUT2D eigenvalue weighted by atomic mass is 19.1. The summed E-state index contributed by atoms with van der Waals surface area (Å²) in [7, 11) is 3.13. The third-order valence-electron chi connectivity index (χ3n) is 5.44. The molecule has 4 rings (SSSR count).